The van der Waals surface area contributed by atoms with Crippen LogP contribution in [0.4, 0.5) is 0 Å². The van der Waals surface area contributed by atoms with Gasteiger partial charge in [0.2, 0.25) is 0 Å². The lowest BCUT2D eigenvalue weighted by Gasteiger charge is -2.11. The molecule has 0 aliphatic carbocycles. The lowest BCUT2D eigenvalue weighted by Crippen LogP contribution is -2.10. The van der Waals surface area contributed by atoms with Crippen molar-refractivity contribution in [2.24, 2.45) is 5.16 Å². The topological polar surface area (TPSA) is 82.0 Å². The Morgan fingerprint density at radius 3 is 2.22 bits per heavy atom. The van der Waals surface area contributed by atoms with Crippen molar-refractivity contribution < 1.29 is 22.2 Å². The Bertz CT molecular complexity index is 1340. The average molecular weight is 488 g/mol. The summed E-state index contributed by atoms with van der Waals surface area (Å²) in [6.07, 6.45) is 1.51. The van der Waals surface area contributed by atoms with Crippen molar-refractivity contribution in [2.75, 3.05) is 0 Å². The fourth-order valence-corrected chi connectivity index (χ4v) is 4.62. The molecule has 0 fully saturated rings. The maximum atomic E-state index is 12.6. The van der Waals surface area contributed by atoms with Gasteiger partial charge in [-0.15, -0.1) is 0 Å². The summed E-state index contributed by atoms with van der Waals surface area (Å²) in [7, 11) is -4.14. The molecule has 3 aromatic rings. The third kappa shape index (κ3) is 4.55. The van der Waals surface area contributed by atoms with Gasteiger partial charge in [0.25, 0.3) is 0 Å². The maximum absolute atomic E-state index is 12.6. The van der Waals surface area contributed by atoms with Gasteiger partial charge >= 0.3 is 16.1 Å². The lowest BCUT2D eigenvalue weighted by atomic mass is 10.0. The van der Waals surface area contributed by atoms with Gasteiger partial charge in [-0.2, -0.15) is 8.42 Å². The van der Waals surface area contributed by atoms with Gasteiger partial charge in [0.1, 0.15) is 10.6 Å². The van der Waals surface area contributed by atoms with Gasteiger partial charge < -0.3 is 9.02 Å². The van der Waals surface area contributed by atoms with Crippen LogP contribution in [0.2, 0.25) is 10.0 Å². The molecular weight excluding hydrogens is 473 g/mol. The van der Waals surface area contributed by atoms with E-state index in [0.717, 1.165) is 5.56 Å². The van der Waals surface area contributed by atoms with Crippen LogP contribution >= 0.6 is 23.2 Å². The number of aryl methyl sites for hydroxylation is 1. The van der Waals surface area contributed by atoms with Crippen LogP contribution in [0.15, 0.2) is 82.4 Å². The first-order chi connectivity index (χ1) is 15.2. The Labute approximate surface area is 194 Å². The molecule has 0 atom stereocenters. The largest absolute Gasteiger partial charge is 0.376 e. The van der Waals surface area contributed by atoms with Crippen molar-refractivity contribution >= 4 is 51.1 Å². The van der Waals surface area contributed by atoms with Gasteiger partial charge in [0, 0.05) is 5.56 Å². The molecule has 0 bridgehead atoms. The van der Waals surface area contributed by atoms with Crippen LogP contribution in [-0.2, 0) is 19.8 Å². The molecule has 1 aliphatic heterocycles. The predicted octanol–water partition coefficient (Wildman–Crippen LogP) is 5.41. The van der Waals surface area contributed by atoms with Gasteiger partial charge in [0.05, 0.1) is 15.6 Å². The molecule has 0 unspecified atom stereocenters. The number of carbonyl (C=O) groups is 1. The summed E-state index contributed by atoms with van der Waals surface area (Å²) < 4.78 is 30.4. The molecule has 0 saturated carbocycles. The molecule has 0 saturated heterocycles. The van der Waals surface area contributed by atoms with Gasteiger partial charge in [-0.25, -0.2) is 4.79 Å². The molecule has 4 rings (SSSR count). The van der Waals surface area contributed by atoms with E-state index < -0.39 is 16.1 Å². The molecule has 0 spiro atoms. The lowest BCUT2D eigenvalue weighted by molar-refractivity contribution is -0.136. The highest BCUT2D eigenvalue weighted by Crippen LogP contribution is 2.37. The number of carbonyl (C=O) groups excluding carboxylic acids is 1. The monoisotopic (exact) mass is 487 g/mol. The van der Waals surface area contributed by atoms with E-state index >= 15 is 0 Å². The van der Waals surface area contributed by atoms with E-state index in [4.69, 9.17) is 32.2 Å². The Morgan fingerprint density at radius 2 is 1.59 bits per heavy atom. The fourth-order valence-electron chi connectivity index (χ4n) is 2.99. The van der Waals surface area contributed by atoms with Crippen molar-refractivity contribution in [3.8, 4) is 5.75 Å². The van der Waals surface area contributed by atoms with E-state index in [1.54, 1.807) is 24.3 Å². The number of benzene rings is 3. The van der Waals surface area contributed by atoms with E-state index in [0.29, 0.717) is 16.8 Å². The molecular formula is C23H15Cl2NO5S. The number of rotatable bonds is 5. The summed E-state index contributed by atoms with van der Waals surface area (Å²) >= 11 is 12.6. The first-order valence-electron chi connectivity index (χ1n) is 9.31. The van der Waals surface area contributed by atoms with Crippen LogP contribution in [0.25, 0.3) is 6.08 Å². The Hall–Kier alpha value is -3.13. The zero-order chi connectivity index (χ0) is 22.9. The van der Waals surface area contributed by atoms with Crippen LogP contribution in [-0.4, -0.2) is 20.1 Å². The van der Waals surface area contributed by atoms with Crippen molar-refractivity contribution in [1.82, 2.24) is 0 Å². The smallest absolute Gasteiger partial charge is 0.368 e. The number of oxime groups is 1. The molecule has 9 heteroatoms. The minimum atomic E-state index is -4.14. The van der Waals surface area contributed by atoms with Crippen molar-refractivity contribution in [3.05, 3.63) is 99.0 Å². The summed E-state index contributed by atoms with van der Waals surface area (Å²) in [5.41, 5.74) is 2.62. The number of nitrogens with zero attached hydrogens (tertiary/aromatic N) is 1. The third-order valence-corrected chi connectivity index (χ3v) is 6.37. The molecule has 6 nitrogen and oxygen atoms in total. The Kier molecular flexibility index (Phi) is 6.06. The summed E-state index contributed by atoms with van der Waals surface area (Å²) in [5.74, 6) is -0.833. The van der Waals surface area contributed by atoms with E-state index in [1.807, 2.05) is 25.1 Å². The highest BCUT2D eigenvalue weighted by atomic mass is 35.5. The second-order valence-corrected chi connectivity index (χ2v) is 9.27. The van der Waals surface area contributed by atoms with Gasteiger partial charge in [-0.3, -0.25) is 0 Å². The van der Waals surface area contributed by atoms with Crippen molar-refractivity contribution in [3.63, 3.8) is 0 Å². The van der Waals surface area contributed by atoms with Gasteiger partial charge in [-0.05, 0) is 42.8 Å². The summed E-state index contributed by atoms with van der Waals surface area (Å²) in [6.45, 7) is 1.84. The molecule has 3 aromatic carbocycles. The van der Waals surface area contributed by atoms with Gasteiger partial charge in [0.15, 0.2) is 5.75 Å². The average Bonchev–Trinajstić information content (AvgIpc) is 3.12. The van der Waals surface area contributed by atoms with Crippen molar-refractivity contribution in [1.29, 1.82) is 0 Å². The second-order valence-electron chi connectivity index (χ2n) is 6.91. The van der Waals surface area contributed by atoms with Crippen LogP contribution in [0.5, 0.6) is 5.75 Å². The van der Waals surface area contributed by atoms with E-state index in [2.05, 4.69) is 5.16 Å². The SMILES string of the molecule is Cc1ccc(S(=O)(=O)Oc2c(Cl)cc(/C=C3\C(=O)ON=C3c3ccccc3)cc2Cl)cc1. The number of halogens is 2. The molecule has 1 heterocycles. The molecule has 0 amide bonds. The molecule has 0 radical (unpaired) electrons. The standard InChI is InChI=1S/C23H15Cl2NO5S/c1-14-7-9-17(10-8-14)32(28,29)31-22-19(24)12-15(13-20(22)25)11-18-21(26-30-23(18)27)16-5-3-2-4-6-16/h2-13H,1H3/b18-11-. The predicted molar refractivity (Wildman–Crippen MR) is 123 cm³/mol. The third-order valence-electron chi connectivity index (χ3n) is 4.58. The van der Waals surface area contributed by atoms with Crippen LogP contribution < -0.4 is 4.18 Å². The zero-order valence-corrected chi connectivity index (χ0v) is 18.9. The molecule has 0 N–H and O–H groups in total. The molecule has 32 heavy (non-hydrogen) atoms. The normalized spacial score (nSPS) is 14.9. The number of hydrogen-bond acceptors (Lipinski definition) is 6. The molecule has 1 aliphatic rings. The highest BCUT2D eigenvalue weighted by Gasteiger charge is 2.27. The Morgan fingerprint density at radius 1 is 0.969 bits per heavy atom. The summed E-state index contributed by atoms with van der Waals surface area (Å²) in [5, 5.41) is 3.77. The second kappa shape index (κ2) is 8.78. The highest BCUT2D eigenvalue weighted by molar-refractivity contribution is 7.87. The Balaban J connectivity index is 1.66. The van der Waals surface area contributed by atoms with E-state index in [9.17, 15) is 13.2 Å². The first-order valence-corrected chi connectivity index (χ1v) is 11.5. The zero-order valence-electron chi connectivity index (χ0n) is 16.6. The van der Waals surface area contributed by atoms with E-state index in [-0.39, 0.29) is 26.3 Å². The van der Waals surface area contributed by atoms with E-state index in [1.165, 1.54) is 30.3 Å². The van der Waals surface area contributed by atoms with Crippen LogP contribution in [0.1, 0.15) is 16.7 Å². The van der Waals surface area contributed by atoms with Crippen LogP contribution in [0, 0.1) is 6.92 Å². The van der Waals surface area contributed by atoms with Gasteiger partial charge in [-0.1, -0.05) is 76.4 Å². The quantitative estimate of drug-likeness (QED) is 0.272. The molecule has 0 aromatic heterocycles. The summed E-state index contributed by atoms with van der Waals surface area (Å²) in [6, 6.07) is 18.1. The number of hydrogen-bond donors (Lipinski definition) is 0. The van der Waals surface area contributed by atoms with Crippen molar-refractivity contribution in [2.45, 2.75) is 11.8 Å². The maximum Gasteiger partial charge on any atom is 0.368 e. The fraction of sp³-hybridized carbons (Fsp3) is 0.0435. The first kappa shape index (κ1) is 22.1. The molecule has 162 valence electrons. The van der Waals surface area contributed by atoms with Crippen LogP contribution in [0.3, 0.4) is 0 Å². The minimum absolute atomic E-state index is 0.0288. The summed E-state index contributed by atoms with van der Waals surface area (Å²) in [4.78, 5) is 17.0. The minimum Gasteiger partial charge on any atom is -0.376 e.